The molecule has 0 N–H and O–H groups in total. The molecule has 0 rings (SSSR count). The molecule has 0 saturated heterocycles. The van der Waals surface area contributed by atoms with Crippen LogP contribution >= 0.6 is 0 Å². The molecule has 0 heterocycles. The summed E-state index contributed by atoms with van der Waals surface area (Å²) in [6.07, 6.45) is 9.53. The zero-order valence-electron chi connectivity index (χ0n) is 16.1. The lowest BCUT2D eigenvalue weighted by Crippen LogP contribution is -2.38. The van der Waals surface area contributed by atoms with Crippen LogP contribution in [0.3, 0.4) is 0 Å². The molecule has 0 aliphatic rings. The van der Waals surface area contributed by atoms with Crippen molar-refractivity contribution in [2.45, 2.75) is 111 Å². The van der Waals surface area contributed by atoms with Crippen LogP contribution < -0.4 is 0 Å². The maximum atomic E-state index is 5.96. The molecular weight excluding hydrogens is 271 g/mol. The summed E-state index contributed by atoms with van der Waals surface area (Å²) in [5.74, 6) is 6.50. The molecule has 3 heteroatoms. The third-order valence-corrected chi connectivity index (χ3v) is 3.02. The van der Waals surface area contributed by atoms with E-state index in [1.54, 1.807) is 0 Å². The Morgan fingerprint density at radius 2 is 1.23 bits per heavy atom. The fourth-order valence-electron chi connectivity index (χ4n) is 2.13. The van der Waals surface area contributed by atoms with Gasteiger partial charge in [-0.3, -0.25) is 0 Å². The van der Waals surface area contributed by atoms with Crippen LogP contribution in [0, 0.1) is 11.8 Å². The molecule has 0 saturated carbocycles. The van der Waals surface area contributed by atoms with Crippen LogP contribution in [0.15, 0.2) is 0 Å². The molecule has 0 unspecified atom stereocenters. The zero-order valence-corrected chi connectivity index (χ0v) is 16.1. The summed E-state index contributed by atoms with van der Waals surface area (Å²) in [7, 11) is -0.253. The predicted octanol–water partition coefficient (Wildman–Crippen LogP) is 5.86. The Morgan fingerprint density at radius 1 is 0.727 bits per heavy atom. The Labute approximate surface area is 139 Å². The average molecular weight is 308 g/mol. The summed E-state index contributed by atoms with van der Waals surface area (Å²) >= 11 is 0. The second kappa shape index (κ2) is 11.1. The van der Waals surface area contributed by atoms with Gasteiger partial charge in [0.1, 0.15) is 0 Å². The number of hydrogen-bond donors (Lipinski definition) is 0. The summed E-state index contributed by atoms with van der Waals surface area (Å²) < 4.78 is 11.9. The van der Waals surface area contributed by atoms with Gasteiger partial charge in [0, 0.05) is 23.9 Å². The molecular formula is C19H37BO2. The lowest BCUT2D eigenvalue weighted by atomic mass is 9.82. The van der Waals surface area contributed by atoms with E-state index in [0.29, 0.717) is 6.32 Å². The molecule has 22 heavy (non-hydrogen) atoms. The second-order valence-corrected chi connectivity index (χ2v) is 7.97. The normalized spacial score (nSPS) is 12.0. The molecule has 0 fully saturated rings. The first-order valence-electron chi connectivity index (χ1n) is 8.95. The maximum Gasteiger partial charge on any atom is 0.470 e. The summed E-state index contributed by atoms with van der Waals surface area (Å²) in [5.41, 5.74) is -0.423. The Balaban J connectivity index is 4.05. The average Bonchev–Trinajstić information content (AvgIpc) is 2.32. The number of unbranched alkanes of at least 4 members (excludes halogenated alkanes) is 6. The summed E-state index contributed by atoms with van der Waals surface area (Å²) in [6, 6.07) is 0. The van der Waals surface area contributed by atoms with E-state index in [9.17, 15) is 0 Å². The first kappa shape index (κ1) is 21.5. The highest BCUT2D eigenvalue weighted by Gasteiger charge is 2.28. The van der Waals surface area contributed by atoms with Crippen molar-refractivity contribution >= 4 is 7.12 Å². The van der Waals surface area contributed by atoms with Crippen molar-refractivity contribution < 1.29 is 9.31 Å². The Morgan fingerprint density at radius 3 is 1.73 bits per heavy atom. The van der Waals surface area contributed by atoms with Gasteiger partial charge >= 0.3 is 7.12 Å². The minimum absolute atomic E-state index is 0.211. The third kappa shape index (κ3) is 15.9. The van der Waals surface area contributed by atoms with Crippen LogP contribution in [-0.4, -0.2) is 18.3 Å². The van der Waals surface area contributed by atoms with E-state index in [0.717, 1.165) is 6.42 Å². The van der Waals surface area contributed by atoms with Gasteiger partial charge in [-0.05, 0) is 48.0 Å². The first-order chi connectivity index (χ1) is 10.1. The van der Waals surface area contributed by atoms with E-state index in [2.05, 4.69) is 60.3 Å². The van der Waals surface area contributed by atoms with Gasteiger partial charge in [0.25, 0.3) is 0 Å². The number of rotatable bonds is 9. The first-order valence-corrected chi connectivity index (χ1v) is 8.95. The second-order valence-electron chi connectivity index (χ2n) is 7.97. The molecule has 0 atom stereocenters. The molecule has 0 aliphatic heterocycles. The third-order valence-electron chi connectivity index (χ3n) is 3.02. The van der Waals surface area contributed by atoms with Crippen molar-refractivity contribution in [3.63, 3.8) is 0 Å². The van der Waals surface area contributed by atoms with Crippen LogP contribution in [0.2, 0.25) is 6.32 Å². The van der Waals surface area contributed by atoms with Gasteiger partial charge in [-0.25, -0.2) is 0 Å². The van der Waals surface area contributed by atoms with Gasteiger partial charge in [-0.2, -0.15) is 0 Å². The van der Waals surface area contributed by atoms with E-state index in [-0.39, 0.29) is 18.3 Å². The van der Waals surface area contributed by atoms with Gasteiger partial charge in [-0.1, -0.05) is 39.0 Å². The SMILES string of the molecule is CCCCCCCCC#CCB(OC(C)(C)C)OC(C)(C)C. The van der Waals surface area contributed by atoms with Crippen molar-refractivity contribution in [2.24, 2.45) is 0 Å². The lowest BCUT2D eigenvalue weighted by Gasteiger charge is -2.29. The maximum absolute atomic E-state index is 5.96. The topological polar surface area (TPSA) is 18.5 Å². The molecule has 0 bridgehead atoms. The lowest BCUT2D eigenvalue weighted by molar-refractivity contribution is 0.0355. The van der Waals surface area contributed by atoms with Gasteiger partial charge < -0.3 is 9.31 Å². The van der Waals surface area contributed by atoms with E-state index < -0.39 is 0 Å². The Hall–Kier alpha value is -0.455. The summed E-state index contributed by atoms with van der Waals surface area (Å²) in [5, 5.41) is 0. The molecule has 0 spiro atoms. The molecule has 0 aliphatic carbocycles. The summed E-state index contributed by atoms with van der Waals surface area (Å²) in [4.78, 5) is 0. The van der Waals surface area contributed by atoms with E-state index >= 15 is 0 Å². The van der Waals surface area contributed by atoms with E-state index in [1.165, 1.54) is 38.5 Å². The van der Waals surface area contributed by atoms with Crippen LogP contribution in [0.25, 0.3) is 0 Å². The van der Waals surface area contributed by atoms with E-state index in [1.807, 2.05) is 0 Å². The molecule has 0 aromatic carbocycles. The zero-order chi connectivity index (χ0) is 17.1. The van der Waals surface area contributed by atoms with Crippen LogP contribution in [-0.2, 0) is 9.31 Å². The standard InChI is InChI=1S/C19H37BO2/c1-8-9-10-11-12-13-14-15-16-17-20(21-18(2,3)4)22-19(5,6)7/h8-14,17H2,1-7H3. The van der Waals surface area contributed by atoms with Gasteiger partial charge in [0.2, 0.25) is 0 Å². The van der Waals surface area contributed by atoms with Crippen molar-refractivity contribution in [3.8, 4) is 11.8 Å². The molecule has 0 aromatic heterocycles. The molecule has 0 radical (unpaired) electrons. The Kier molecular flexibility index (Phi) is 10.9. The fraction of sp³-hybridized carbons (Fsp3) is 0.895. The largest absolute Gasteiger partial charge is 0.470 e. The predicted molar refractivity (Wildman–Crippen MR) is 98.0 cm³/mol. The highest BCUT2D eigenvalue weighted by atomic mass is 16.6. The van der Waals surface area contributed by atoms with Gasteiger partial charge in [-0.15, -0.1) is 11.8 Å². The Bertz CT molecular complexity index is 312. The molecule has 0 amide bonds. The molecule has 2 nitrogen and oxygen atoms in total. The van der Waals surface area contributed by atoms with Crippen molar-refractivity contribution in [2.75, 3.05) is 0 Å². The van der Waals surface area contributed by atoms with Crippen molar-refractivity contribution in [3.05, 3.63) is 0 Å². The van der Waals surface area contributed by atoms with Crippen molar-refractivity contribution in [1.82, 2.24) is 0 Å². The minimum atomic E-state index is -0.253. The van der Waals surface area contributed by atoms with Gasteiger partial charge in [0.05, 0.1) is 0 Å². The molecule has 128 valence electrons. The highest BCUT2D eigenvalue weighted by Crippen LogP contribution is 2.17. The smallest absolute Gasteiger partial charge is 0.406 e. The van der Waals surface area contributed by atoms with Crippen LogP contribution in [0.1, 0.15) is 93.4 Å². The van der Waals surface area contributed by atoms with E-state index in [4.69, 9.17) is 9.31 Å². The number of hydrogen-bond acceptors (Lipinski definition) is 2. The van der Waals surface area contributed by atoms with Crippen LogP contribution in [0.5, 0.6) is 0 Å². The fourth-order valence-corrected chi connectivity index (χ4v) is 2.13. The van der Waals surface area contributed by atoms with Crippen LogP contribution in [0.4, 0.5) is 0 Å². The quantitative estimate of drug-likeness (QED) is 0.302. The summed E-state index contributed by atoms with van der Waals surface area (Å²) in [6.45, 7) is 14.6. The molecule has 0 aromatic rings. The minimum Gasteiger partial charge on any atom is -0.406 e. The monoisotopic (exact) mass is 308 g/mol. The van der Waals surface area contributed by atoms with Crippen molar-refractivity contribution in [1.29, 1.82) is 0 Å². The van der Waals surface area contributed by atoms with Gasteiger partial charge in [0.15, 0.2) is 0 Å². The highest BCUT2D eigenvalue weighted by molar-refractivity contribution is 6.45.